The van der Waals surface area contributed by atoms with Gasteiger partial charge >= 0.3 is 0 Å². The molecule has 0 bridgehead atoms. The van der Waals surface area contributed by atoms with Gasteiger partial charge in [-0.2, -0.15) is 0 Å². The summed E-state index contributed by atoms with van der Waals surface area (Å²) in [5.74, 6) is 0. The number of para-hydroxylation sites is 1. The Hall–Kier alpha value is -0.860. The van der Waals surface area contributed by atoms with E-state index in [1.807, 2.05) is 17.8 Å². The van der Waals surface area contributed by atoms with Crippen LogP contribution >= 0.6 is 23.4 Å². The van der Waals surface area contributed by atoms with Gasteiger partial charge in [0, 0.05) is 16.5 Å². The predicted molar refractivity (Wildman–Crippen MR) is 85.2 cm³/mol. The molecule has 0 fully saturated rings. The van der Waals surface area contributed by atoms with Crippen molar-refractivity contribution in [1.82, 2.24) is 0 Å². The second-order valence-corrected chi connectivity index (χ2v) is 6.65. The molecule has 1 aromatic carbocycles. The standard InChI is InChI=1S/C16H18ClNS/c1-2-3-10-18-13-6-4-5-7-15(13)19-16-9-8-12(17)11-14(16)18/h4-9,11,14,16H,2-3,10H2,1H3. The predicted octanol–water partition coefficient (Wildman–Crippen LogP) is 4.83. The van der Waals surface area contributed by atoms with E-state index in [0.717, 1.165) is 11.6 Å². The fraction of sp³-hybridized carbons (Fsp3) is 0.375. The minimum Gasteiger partial charge on any atom is -0.363 e. The van der Waals surface area contributed by atoms with E-state index in [1.54, 1.807) is 0 Å². The summed E-state index contributed by atoms with van der Waals surface area (Å²) in [6, 6.07) is 9.10. The summed E-state index contributed by atoms with van der Waals surface area (Å²) < 4.78 is 0. The van der Waals surface area contributed by atoms with E-state index >= 15 is 0 Å². The molecule has 1 aliphatic carbocycles. The molecular weight excluding hydrogens is 274 g/mol. The first-order chi connectivity index (χ1) is 9.29. The van der Waals surface area contributed by atoms with Crippen LogP contribution in [0.15, 0.2) is 52.4 Å². The molecular formula is C16H18ClNS. The molecule has 100 valence electrons. The fourth-order valence-electron chi connectivity index (χ4n) is 2.69. The summed E-state index contributed by atoms with van der Waals surface area (Å²) in [7, 11) is 0. The van der Waals surface area contributed by atoms with Crippen molar-refractivity contribution in [3.8, 4) is 0 Å². The number of halogens is 1. The van der Waals surface area contributed by atoms with E-state index in [0.29, 0.717) is 11.3 Å². The number of hydrogen-bond acceptors (Lipinski definition) is 2. The maximum atomic E-state index is 6.20. The molecule has 19 heavy (non-hydrogen) atoms. The highest BCUT2D eigenvalue weighted by atomic mass is 35.5. The molecule has 0 spiro atoms. The normalized spacial score (nSPS) is 24.7. The Morgan fingerprint density at radius 2 is 2.16 bits per heavy atom. The minimum absolute atomic E-state index is 0.393. The zero-order chi connectivity index (χ0) is 13.2. The van der Waals surface area contributed by atoms with Gasteiger partial charge in [0.15, 0.2) is 0 Å². The average molecular weight is 292 g/mol. The third kappa shape index (κ3) is 2.56. The van der Waals surface area contributed by atoms with Crippen molar-refractivity contribution < 1.29 is 0 Å². The molecule has 1 aromatic rings. The van der Waals surface area contributed by atoms with Gasteiger partial charge in [-0.05, 0) is 30.7 Å². The van der Waals surface area contributed by atoms with Crippen molar-refractivity contribution in [2.24, 2.45) is 0 Å². The third-order valence-corrected chi connectivity index (χ3v) is 5.22. The molecule has 2 atom stereocenters. The molecule has 0 N–H and O–H groups in total. The van der Waals surface area contributed by atoms with Crippen LogP contribution in [0.3, 0.4) is 0 Å². The summed E-state index contributed by atoms with van der Waals surface area (Å²) in [6.45, 7) is 3.34. The number of thioether (sulfide) groups is 1. The zero-order valence-corrected chi connectivity index (χ0v) is 12.6. The Bertz CT molecular complexity index is 523. The summed E-state index contributed by atoms with van der Waals surface area (Å²) >= 11 is 8.15. The summed E-state index contributed by atoms with van der Waals surface area (Å²) in [6.07, 6.45) is 8.91. The SMILES string of the molecule is CCCCN1c2ccccc2SC2C=CC(Cl)=CC21. The Morgan fingerprint density at radius 3 is 3.00 bits per heavy atom. The van der Waals surface area contributed by atoms with Crippen LogP contribution in [0, 0.1) is 0 Å². The smallest absolute Gasteiger partial charge is 0.0648 e. The first-order valence-electron chi connectivity index (χ1n) is 6.87. The highest BCUT2D eigenvalue weighted by Crippen LogP contribution is 2.44. The first kappa shape index (κ1) is 13.1. The van der Waals surface area contributed by atoms with Crippen LogP contribution < -0.4 is 4.90 Å². The quantitative estimate of drug-likeness (QED) is 0.785. The first-order valence-corrected chi connectivity index (χ1v) is 8.13. The van der Waals surface area contributed by atoms with E-state index in [2.05, 4.69) is 48.2 Å². The second-order valence-electron chi connectivity index (χ2n) is 5.00. The molecule has 0 amide bonds. The maximum Gasteiger partial charge on any atom is 0.0648 e. The van der Waals surface area contributed by atoms with Crippen LogP contribution in [0.25, 0.3) is 0 Å². The third-order valence-electron chi connectivity index (χ3n) is 3.66. The number of anilines is 1. The lowest BCUT2D eigenvalue weighted by molar-refractivity contribution is 0.643. The zero-order valence-electron chi connectivity index (χ0n) is 11.1. The van der Waals surface area contributed by atoms with Crippen LogP contribution in [0.4, 0.5) is 5.69 Å². The average Bonchev–Trinajstić information content (AvgIpc) is 2.44. The van der Waals surface area contributed by atoms with Crippen molar-refractivity contribution in [1.29, 1.82) is 0 Å². The number of fused-ring (bicyclic) bond motifs is 2. The summed E-state index contributed by atoms with van der Waals surface area (Å²) in [4.78, 5) is 3.90. The van der Waals surface area contributed by atoms with Crippen molar-refractivity contribution in [2.45, 2.75) is 36.0 Å². The van der Waals surface area contributed by atoms with Crippen molar-refractivity contribution in [3.63, 3.8) is 0 Å². The van der Waals surface area contributed by atoms with Gasteiger partial charge < -0.3 is 4.90 Å². The lowest BCUT2D eigenvalue weighted by Gasteiger charge is -2.42. The van der Waals surface area contributed by atoms with Gasteiger partial charge in [0.2, 0.25) is 0 Å². The molecule has 0 radical (unpaired) electrons. The van der Waals surface area contributed by atoms with Gasteiger partial charge in [-0.25, -0.2) is 0 Å². The van der Waals surface area contributed by atoms with Gasteiger partial charge in [-0.15, -0.1) is 11.8 Å². The van der Waals surface area contributed by atoms with Crippen LogP contribution in [-0.4, -0.2) is 17.8 Å². The van der Waals surface area contributed by atoms with Crippen molar-refractivity contribution in [3.05, 3.63) is 47.5 Å². The second kappa shape index (κ2) is 5.64. The van der Waals surface area contributed by atoms with E-state index < -0.39 is 0 Å². The highest BCUT2D eigenvalue weighted by molar-refractivity contribution is 8.00. The number of hydrogen-bond donors (Lipinski definition) is 0. The number of allylic oxidation sites excluding steroid dienone is 2. The molecule has 0 saturated carbocycles. The van der Waals surface area contributed by atoms with E-state index in [-0.39, 0.29) is 0 Å². The van der Waals surface area contributed by atoms with Crippen molar-refractivity contribution in [2.75, 3.05) is 11.4 Å². The lowest BCUT2D eigenvalue weighted by atomic mass is 10.0. The lowest BCUT2D eigenvalue weighted by Crippen LogP contribution is -2.44. The number of nitrogens with zero attached hydrogens (tertiary/aromatic N) is 1. The Balaban J connectivity index is 1.98. The Kier molecular flexibility index (Phi) is 3.90. The Morgan fingerprint density at radius 1 is 1.32 bits per heavy atom. The molecule has 0 saturated heterocycles. The molecule has 1 aliphatic heterocycles. The van der Waals surface area contributed by atoms with Crippen LogP contribution in [0.1, 0.15) is 19.8 Å². The molecule has 0 aromatic heterocycles. The fourth-order valence-corrected chi connectivity index (χ4v) is 4.17. The van der Waals surface area contributed by atoms with Gasteiger partial charge in [-0.1, -0.05) is 43.2 Å². The molecule has 3 heteroatoms. The van der Waals surface area contributed by atoms with Crippen molar-refractivity contribution >= 4 is 29.1 Å². The number of unbranched alkanes of at least 4 members (excludes halogenated alkanes) is 1. The Labute approximate surface area is 124 Å². The van der Waals surface area contributed by atoms with Gasteiger partial charge in [0.1, 0.15) is 0 Å². The summed E-state index contributed by atoms with van der Waals surface area (Å²) in [5, 5.41) is 1.34. The minimum atomic E-state index is 0.393. The molecule has 3 rings (SSSR count). The monoisotopic (exact) mass is 291 g/mol. The van der Waals surface area contributed by atoms with Crippen LogP contribution in [0.5, 0.6) is 0 Å². The highest BCUT2D eigenvalue weighted by Gasteiger charge is 2.33. The largest absolute Gasteiger partial charge is 0.363 e. The van der Waals surface area contributed by atoms with E-state index in [4.69, 9.17) is 11.6 Å². The van der Waals surface area contributed by atoms with E-state index in [9.17, 15) is 0 Å². The van der Waals surface area contributed by atoms with E-state index in [1.165, 1.54) is 23.4 Å². The van der Waals surface area contributed by atoms with Crippen LogP contribution in [0.2, 0.25) is 0 Å². The maximum absolute atomic E-state index is 6.20. The molecule has 1 nitrogen and oxygen atoms in total. The van der Waals surface area contributed by atoms with Gasteiger partial charge in [0.25, 0.3) is 0 Å². The topological polar surface area (TPSA) is 3.24 Å². The number of rotatable bonds is 3. The van der Waals surface area contributed by atoms with Gasteiger partial charge in [0.05, 0.1) is 17.0 Å². The molecule has 1 heterocycles. The number of benzene rings is 1. The summed E-state index contributed by atoms with van der Waals surface area (Å²) in [5.41, 5.74) is 1.36. The van der Waals surface area contributed by atoms with Gasteiger partial charge in [-0.3, -0.25) is 0 Å². The molecule has 2 unspecified atom stereocenters. The van der Waals surface area contributed by atoms with Crippen LogP contribution in [-0.2, 0) is 0 Å². The molecule has 2 aliphatic rings.